The van der Waals surface area contributed by atoms with E-state index in [1.807, 2.05) is 0 Å². The van der Waals surface area contributed by atoms with Crippen LogP contribution in [0.4, 0.5) is 0 Å². The largest absolute Gasteiger partial charge is 0.338 e. The van der Waals surface area contributed by atoms with Crippen LogP contribution in [0.3, 0.4) is 0 Å². The molecule has 0 aliphatic carbocycles. The van der Waals surface area contributed by atoms with Crippen molar-refractivity contribution in [2.45, 2.75) is 85.1 Å². The van der Waals surface area contributed by atoms with Gasteiger partial charge >= 0.3 is 0 Å². The van der Waals surface area contributed by atoms with Gasteiger partial charge in [0.25, 0.3) is 0 Å². The van der Waals surface area contributed by atoms with Crippen LogP contribution in [0, 0.1) is 0 Å². The van der Waals surface area contributed by atoms with Gasteiger partial charge in [0.15, 0.2) is 0 Å². The fraction of sp³-hybridized carbons (Fsp3) is 0.933. The molecule has 0 aromatic rings. The Bertz CT molecular complexity index is 215. The van der Waals surface area contributed by atoms with E-state index in [1.165, 1.54) is 25.7 Å². The second-order valence-corrected chi connectivity index (χ2v) is 5.33. The van der Waals surface area contributed by atoms with Gasteiger partial charge in [-0.15, -0.1) is 0 Å². The van der Waals surface area contributed by atoms with Crippen LogP contribution in [0.1, 0.15) is 79.6 Å². The molecule has 17 heavy (non-hydrogen) atoms. The minimum atomic E-state index is 0.0651. The van der Waals surface area contributed by atoms with Crippen molar-refractivity contribution in [2.75, 3.05) is 6.54 Å². The van der Waals surface area contributed by atoms with Gasteiger partial charge in [-0.05, 0) is 26.2 Å². The van der Waals surface area contributed by atoms with Crippen LogP contribution in [0.25, 0.3) is 0 Å². The molecule has 0 radical (unpaired) electrons. The highest BCUT2D eigenvalue weighted by molar-refractivity contribution is 5.74. The van der Waals surface area contributed by atoms with Crippen molar-refractivity contribution in [2.24, 2.45) is 0 Å². The van der Waals surface area contributed by atoms with Crippen molar-refractivity contribution in [3.05, 3.63) is 0 Å². The van der Waals surface area contributed by atoms with Crippen LogP contribution in [-0.2, 0) is 4.79 Å². The highest BCUT2D eigenvalue weighted by Crippen LogP contribution is 2.26. The normalized spacial score (nSPS) is 14.4. The van der Waals surface area contributed by atoms with Crippen LogP contribution in [0.5, 0.6) is 0 Å². The van der Waals surface area contributed by atoms with Crippen molar-refractivity contribution in [3.63, 3.8) is 0 Å². The van der Waals surface area contributed by atoms with Gasteiger partial charge in [0.05, 0.1) is 0 Å². The maximum Gasteiger partial charge on any atom is 0.219 e. The van der Waals surface area contributed by atoms with Crippen molar-refractivity contribution >= 4 is 5.91 Å². The Morgan fingerprint density at radius 1 is 1.06 bits per heavy atom. The Labute approximate surface area is 108 Å². The molecule has 0 aliphatic heterocycles. The molecule has 0 saturated carbocycles. The van der Waals surface area contributed by atoms with E-state index >= 15 is 0 Å². The van der Waals surface area contributed by atoms with Gasteiger partial charge in [-0.2, -0.15) is 0 Å². The van der Waals surface area contributed by atoms with E-state index in [0.717, 1.165) is 25.8 Å². The monoisotopic (exact) mass is 241 g/mol. The van der Waals surface area contributed by atoms with E-state index in [2.05, 4.69) is 32.6 Å². The fourth-order valence-electron chi connectivity index (χ4n) is 2.39. The lowest BCUT2D eigenvalue weighted by Gasteiger charge is -2.41. The van der Waals surface area contributed by atoms with Crippen LogP contribution in [-0.4, -0.2) is 22.9 Å². The lowest BCUT2D eigenvalue weighted by molar-refractivity contribution is -0.135. The molecule has 0 fully saturated rings. The Balaban J connectivity index is 4.55. The van der Waals surface area contributed by atoms with Gasteiger partial charge in [0.2, 0.25) is 5.91 Å². The van der Waals surface area contributed by atoms with Crippen molar-refractivity contribution < 1.29 is 4.79 Å². The summed E-state index contributed by atoms with van der Waals surface area (Å²) in [5, 5.41) is 0. The molecule has 1 unspecified atom stereocenters. The van der Waals surface area contributed by atoms with E-state index in [-0.39, 0.29) is 11.4 Å². The van der Waals surface area contributed by atoms with Gasteiger partial charge in [-0.1, -0.05) is 46.5 Å². The molecule has 2 nitrogen and oxygen atoms in total. The summed E-state index contributed by atoms with van der Waals surface area (Å²) in [6.07, 6.45) is 8.17. The summed E-state index contributed by atoms with van der Waals surface area (Å²) >= 11 is 0. The number of hydrogen-bond acceptors (Lipinski definition) is 1. The number of unbranched alkanes of at least 4 members (excludes halogenated alkanes) is 3. The zero-order valence-electron chi connectivity index (χ0n) is 12.5. The van der Waals surface area contributed by atoms with Gasteiger partial charge < -0.3 is 4.90 Å². The van der Waals surface area contributed by atoms with Crippen LogP contribution < -0.4 is 0 Å². The molecule has 0 bridgehead atoms. The highest BCUT2D eigenvalue weighted by Gasteiger charge is 2.30. The summed E-state index contributed by atoms with van der Waals surface area (Å²) in [7, 11) is 0. The fourth-order valence-corrected chi connectivity index (χ4v) is 2.39. The number of carbonyl (C=O) groups excluding carboxylic acids is 1. The Kier molecular flexibility index (Phi) is 8.28. The molecule has 1 atom stereocenters. The summed E-state index contributed by atoms with van der Waals surface area (Å²) in [4.78, 5) is 13.9. The summed E-state index contributed by atoms with van der Waals surface area (Å²) in [5.74, 6) is 0.238. The van der Waals surface area contributed by atoms with Gasteiger partial charge in [-0.3, -0.25) is 4.79 Å². The number of hydrogen-bond donors (Lipinski definition) is 0. The van der Waals surface area contributed by atoms with Crippen LogP contribution in [0.15, 0.2) is 0 Å². The molecule has 1 amide bonds. The molecule has 0 spiro atoms. The smallest absolute Gasteiger partial charge is 0.219 e. The quantitative estimate of drug-likeness (QED) is 0.548. The lowest BCUT2D eigenvalue weighted by Crippen LogP contribution is -2.49. The predicted octanol–water partition coefficient (Wildman–Crippen LogP) is 4.38. The molecule has 0 aromatic carbocycles. The number of amides is 1. The standard InChI is InChI=1S/C15H31NO/c1-6-9-11-13-16(14(4)17)15(5,8-3)12-10-7-2/h6-13H2,1-5H3. The first-order chi connectivity index (χ1) is 8.01. The van der Waals surface area contributed by atoms with E-state index in [4.69, 9.17) is 0 Å². The topological polar surface area (TPSA) is 20.3 Å². The molecule has 0 saturated heterocycles. The summed E-state index contributed by atoms with van der Waals surface area (Å²) in [5.41, 5.74) is 0.0651. The first kappa shape index (κ1) is 16.5. The van der Waals surface area contributed by atoms with E-state index in [0.29, 0.717) is 0 Å². The molecule has 0 heterocycles. The molecule has 0 aromatic heterocycles. The molecule has 102 valence electrons. The maximum atomic E-state index is 11.8. The lowest BCUT2D eigenvalue weighted by atomic mass is 9.89. The van der Waals surface area contributed by atoms with Crippen molar-refractivity contribution in [1.29, 1.82) is 0 Å². The van der Waals surface area contributed by atoms with E-state index in [9.17, 15) is 4.79 Å². The summed E-state index contributed by atoms with van der Waals surface area (Å²) in [6.45, 7) is 11.5. The molecule has 0 rings (SSSR count). The van der Waals surface area contributed by atoms with Gasteiger partial charge in [0, 0.05) is 19.0 Å². The van der Waals surface area contributed by atoms with Crippen molar-refractivity contribution in [3.8, 4) is 0 Å². The number of carbonyl (C=O) groups is 1. The first-order valence-corrected chi connectivity index (χ1v) is 7.30. The zero-order valence-corrected chi connectivity index (χ0v) is 12.5. The van der Waals surface area contributed by atoms with Crippen LogP contribution in [0.2, 0.25) is 0 Å². The Morgan fingerprint density at radius 2 is 1.65 bits per heavy atom. The van der Waals surface area contributed by atoms with Crippen LogP contribution >= 0.6 is 0 Å². The molecule has 0 aliphatic rings. The van der Waals surface area contributed by atoms with E-state index < -0.39 is 0 Å². The third-order valence-electron chi connectivity index (χ3n) is 3.85. The third-order valence-corrected chi connectivity index (χ3v) is 3.85. The van der Waals surface area contributed by atoms with E-state index in [1.54, 1.807) is 6.92 Å². The minimum absolute atomic E-state index is 0.0651. The highest BCUT2D eigenvalue weighted by atomic mass is 16.2. The summed E-state index contributed by atoms with van der Waals surface area (Å²) < 4.78 is 0. The number of rotatable bonds is 9. The third kappa shape index (κ3) is 5.56. The van der Waals surface area contributed by atoms with Gasteiger partial charge in [0.1, 0.15) is 0 Å². The Morgan fingerprint density at radius 3 is 2.06 bits per heavy atom. The predicted molar refractivity (Wildman–Crippen MR) is 75.1 cm³/mol. The zero-order chi connectivity index (χ0) is 13.3. The molecule has 2 heteroatoms. The maximum absolute atomic E-state index is 11.8. The minimum Gasteiger partial charge on any atom is -0.338 e. The summed E-state index contributed by atoms with van der Waals surface area (Å²) in [6, 6.07) is 0. The molecular formula is C15H31NO. The molecular weight excluding hydrogens is 210 g/mol. The average molecular weight is 241 g/mol. The van der Waals surface area contributed by atoms with Gasteiger partial charge in [-0.25, -0.2) is 0 Å². The average Bonchev–Trinajstić information content (AvgIpc) is 2.31. The number of nitrogens with zero attached hydrogens (tertiary/aromatic N) is 1. The first-order valence-electron chi connectivity index (χ1n) is 7.30. The Hall–Kier alpha value is -0.530. The molecule has 0 N–H and O–H groups in total. The SMILES string of the molecule is CCCCCN(C(C)=O)C(C)(CC)CCCC. The second-order valence-electron chi connectivity index (χ2n) is 5.33. The second kappa shape index (κ2) is 8.54. The van der Waals surface area contributed by atoms with Crippen molar-refractivity contribution in [1.82, 2.24) is 4.90 Å².